The summed E-state index contributed by atoms with van der Waals surface area (Å²) in [6.45, 7) is 1.99. The Morgan fingerprint density at radius 3 is 2.38 bits per heavy atom. The zero-order valence-corrected chi connectivity index (χ0v) is 13.7. The van der Waals surface area contributed by atoms with E-state index < -0.39 is 0 Å². The third-order valence-electron chi connectivity index (χ3n) is 3.34. The number of aromatic nitrogens is 2. The molecule has 0 fully saturated rings. The van der Waals surface area contributed by atoms with Crippen LogP contribution in [0.2, 0.25) is 5.02 Å². The molecule has 24 heavy (non-hydrogen) atoms. The molecule has 2 N–H and O–H groups in total. The van der Waals surface area contributed by atoms with Crippen molar-refractivity contribution >= 4 is 34.7 Å². The van der Waals surface area contributed by atoms with Crippen LogP contribution in [0.1, 0.15) is 16.1 Å². The number of nitrogens with one attached hydrogen (secondary N) is 2. The minimum absolute atomic E-state index is 0.236. The molecule has 1 aromatic heterocycles. The Morgan fingerprint density at radius 1 is 0.958 bits per heavy atom. The second-order valence-corrected chi connectivity index (χ2v) is 5.64. The van der Waals surface area contributed by atoms with E-state index in [1.165, 1.54) is 0 Å². The first-order valence-corrected chi connectivity index (χ1v) is 7.73. The maximum Gasteiger partial charge on any atom is 0.276 e. The zero-order valence-electron chi connectivity index (χ0n) is 13.0. The number of amides is 1. The third kappa shape index (κ3) is 3.88. The molecule has 3 aromatic rings. The number of hydrogen-bond donors (Lipinski definition) is 2. The lowest BCUT2D eigenvalue weighted by Crippen LogP contribution is -2.14. The van der Waals surface area contributed by atoms with E-state index in [1.54, 1.807) is 18.2 Å². The van der Waals surface area contributed by atoms with Crippen molar-refractivity contribution < 1.29 is 4.79 Å². The summed E-state index contributed by atoms with van der Waals surface area (Å²) >= 11 is 6.08. The molecule has 0 saturated carbocycles. The summed E-state index contributed by atoms with van der Waals surface area (Å²) < 4.78 is 0. The highest BCUT2D eigenvalue weighted by Gasteiger charge is 2.09. The lowest BCUT2D eigenvalue weighted by Gasteiger charge is -2.08. The Balaban J connectivity index is 1.68. The van der Waals surface area contributed by atoms with Gasteiger partial charge in [0, 0.05) is 5.69 Å². The molecule has 5 nitrogen and oxygen atoms in total. The van der Waals surface area contributed by atoms with Gasteiger partial charge >= 0.3 is 0 Å². The minimum Gasteiger partial charge on any atom is -0.338 e. The number of benzene rings is 2. The summed E-state index contributed by atoms with van der Waals surface area (Å²) in [6.07, 6.45) is 0. The average Bonchev–Trinajstić information content (AvgIpc) is 2.59. The van der Waals surface area contributed by atoms with Gasteiger partial charge in [-0.25, -0.2) is 0 Å². The molecule has 3 rings (SSSR count). The van der Waals surface area contributed by atoms with Crippen molar-refractivity contribution in [1.29, 1.82) is 0 Å². The second kappa shape index (κ2) is 7.10. The topological polar surface area (TPSA) is 66.9 Å². The fourth-order valence-corrected chi connectivity index (χ4v) is 2.24. The lowest BCUT2D eigenvalue weighted by atomic mass is 10.2. The predicted molar refractivity (Wildman–Crippen MR) is 95.9 cm³/mol. The van der Waals surface area contributed by atoms with Gasteiger partial charge < -0.3 is 10.6 Å². The molecule has 0 atom stereocenters. The van der Waals surface area contributed by atoms with Gasteiger partial charge in [-0.05, 0) is 43.3 Å². The normalized spacial score (nSPS) is 10.2. The summed E-state index contributed by atoms with van der Waals surface area (Å²) in [6, 6.07) is 18.2. The van der Waals surface area contributed by atoms with E-state index in [1.807, 2.05) is 49.4 Å². The van der Waals surface area contributed by atoms with Gasteiger partial charge in [0.15, 0.2) is 11.5 Å². The van der Waals surface area contributed by atoms with E-state index in [-0.39, 0.29) is 11.6 Å². The molecule has 120 valence electrons. The number of nitrogens with zero attached hydrogens (tertiary/aromatic N) is 2. The lowest BCUT2D eigenvalue weighted by molar-refractivity contribution is 0.102. The van der Waals surface area contributed by atoms with Crippen molar-refractivity contribution in [3.63, 3.8) is 0 Å². The first-order chi connectivity index (χ1) is 11.6. The van der Waals surface area contributed by atoms with E-state index in [4.69, 9.17) is 11.6 Å². The number of anilines is 3. The van der Waals surface area contributed by atoms with Crippen molar-refractivity contribution in [1.82, 2.24) is 10.2 Å². The van der Waals surface area contributed by atoms with Gasteiger partial charge in [0.05, 0.1) is 10.7 Å². The van der Waals surface area contributed by atoms with Crippen molar-refractivity contribution in [2.75, 3.05) is 10.6 Å². The van der Waals surface area contributed by atoms with Crippen LogP contribution in [0.15, 0.2) is 60.7 Å². The maximum absolute atomic E-state index is 12.2. The molecule has 0 spiro atoms. The summed E-state index contributed by atoms with van der Waals surface area (Å²) in [4.78, 5) is 12.2. The van der Waals surface area contributed by atoms with E-state index in [2.05, 4.69) is 20.8 Å². The van der Waals surface area contributed by atoms with Gasteiger partial charge in [-0.3, -0.25) is 4.79 Å². The molecule has 1 heterocycles. The van der Waals surface area contributed by atoms with Crippen LogP contribution in [0.25, 0.3) is 0 Å². The summed E-state index contributed by atoms with van der Waals surface area (Å²) in [5, 5.41) is 14.4. The Labute approximate surface area is 144 Å². The van der Waals surface area contributed by atoms with Crippen molar-refractivity contribution in [3.8, 4) is 0 Å². The molecule has 6 heteroatoms. The third-order valence-corrected chi connectivity index (χ3v) is 3.67. The second-order valence-electron chi connectivity index (χ2n) is 5.23. The largest absolute Gasteiger partial charge is 0.338 e. The molecule has 0 saturated heterocycles. The SMILES string of the molecule is Cc1ccc(NC(=O)c2ccc(Nc3ccccc3Cl)nn2)cc1. The summed E-state index contributed by atoms with van der Waals surface area (Å²) in [7, 11) is 0. The molecule has 0 radical (unpaired) electrons. The number of carbonyl (C=O) groups excluding carboxylic acids is 1. The Bertz CT molecular complexity index is 848. The first-order valence-electron chi connectivity index (χ1n) is 7.35. The van der Waals surface area contributed by atoms with E-state index in [0.717, 1.165) is 11.3 Å². The van der Waals surface area contributed by atoms with Gasteiger partial charge in [0.25, 0.3) is 5.91 Å². The van der Waals surface area contributed by atoms with Crippen LogP contribution < -0.4 is 10.6 Å². The van der Waals surface area contributed by atoms with Crippen LogP contribution in [-0.2, 0) is 0 Å². The van der Waals surface area contributed by atoms with Crippen LogP contribution in [0, 0.1) is 6.92 Å². The first kappa shape index (κ1) is 16.0. The highest BCUT2D eigenvalue weighted by molar-refractivity contribution is 6.33. The molecule has 0 aliphatic carbocycles. The number of aryl methyl sites for hydroxylation is 1. The minimum atomic E-state index is -0.310. The standard InChI is InChI=1S/C18H15ClN4O/c1-12-6-8-13(9-7-12)20-18(24)16-10-11-17(23-22-16)21-15-5-3-2-4-14(15)19/h2-11H,1H3,(H,20,24)(H,21,23). The van der Waals surface area contributed by atoms with E-state index in [0.29, 0.717) is 16.5 Å². The van der Waals surface area contributed by atoms with E-state index in [9.17, 15) is 4.79 Å². The number of rotatable bonds is 4. The van der Waals surface area contributed by atoms with Gasteiger partial charge in [0.2, 0.25) is 0 Å². The number of hydrogen-bond acceptors (Lipinski definition) is 4. The van der Waals surface area contributed by atoms with E-state index >= 15 is 0 Å². The summed E-state index contributed by atoms with van der Waals surface area (Å²) in [5.74, 6) is 0.200. The molecule has 0 aliphatic rings. The monoisotopic (exact) mass is 338 g/mol. The van der Waals surface area contributed by atoms with Gasteiger partial charge in [-0.15, -0.1) is 10.2 Å². The molecule has 1 amide bonds. The van der Waals surface area contributed by atoms with Crippen molar-refractivity contribution in [2.24, 2.45) is 0 Å². The summed E-state index contributed by atoms with van der Waals surface area (Å²) in [5.41, 5.74) is 2.80. The number of para-hydroxylation sites is 1. The molecule has 0 unspecified atom stereocenters. The Kier molecular flexibility index (Phi) is 4.72. The number of halogens is 1. The predicted octanol–water partition coefficient (Wildman–Crippen LogP) is 4.43. The quantitative estimate of drug-likeness (QED) is 0.738. The molecular weight excluding hydrogens is 324 g/mol. The number of carbonyl (C=O) groups is 1. The Morgan fingerprint density at radius 2 is 1.71 bits per heavy atom. The van der Waals surface area contributed by atoms with Gasteiger partial charge in [0.1, 0.15) is 0 Å². The van der Waals surface area contributed by atoms with Crippen LogP contribution in [-0.4, -0.2) is 16.1 Å². The fourth-order valence-electron chi connectivity index (χ4n) is 2.05. The van der Waals surface area contributed by atoms with Crippen LogP contribution in [0.5, 0.6) is 0 Å². The average molecular weight is 339 g/mol. The highest BCUT2D eigenvalue weighted by Crippen LogP contribution is 2.23. The van der Waals surface area contributed by atoms with Crippen molar-refractivity contribution in [3.05, 3.63) is 76.9 Å². The maximum atomic E-state index is 12.2. The molecule has 0 aliphatic heterocycles. The molecular formula is C18H15ClN4O. The Hall–Kier alpha value is -2.92. The molecule has 2 aromatic carbocycles. The van der Waals surface area contributed by atoms with Crippen LogP contribution in [0.3, 0.4) is 0 Å². The molecule has 0 bridgehead atoms. The van der Waals surface area contributed by atoms with Crippen LogP contribution in [0.4, 0.5) is 17.2 Å². The van der Waals surface area contributed by atoms with Crippen LogP contribution >= 0.6 is 11.6 Å². The zero-order chi connectivity index (χ0) is 16.9. The van der Waals surface area contributed by atoms with Gasteiger partial charge in [-0.1, -0.05) is 41.4 Å². The van der Waals surface area contributed by atoms with Gasteiger partial charge in [-0.2, -0.15) is 0 Å². The van der Waals surface area contributed by atoms with Crippen molar-refractivity contribution in [2.45, 2.75) is 6.92 Å². The smallest absolute Gasteiger partial charge is 0.276 e. The highest BCUT2D eigenvalue weighted by atomic mass is 35.5. The fraction of sp³-hybridized carbons (Fsp3) is 0.0556.